The number of amides is 1. The second-order valence-electron chi connectivity index (χ2n) is 10.7. The summed E-state index contributed by atoms with van der Waals surface area (Å²) < 4.78 is 15.9. The SMILES string of the molecule is C[C@H](OC(=O)CCc1cc(C(C)(C)C)c(O)c(C(C)(C)C)c1)C(=O)Nc1ccc2c(c1)OCO2. The first kappa shape index (κ1) is 25.4. The molecule has 0 unspecified atom stereocenters. The monoisotopic (exact) mass is 469 g/mol. The summed E-state index contributed by atoms with van der Waals surface area (Å²) in [5.74, 6) is 0.592. The molecule has 1 aliphatic rings. The number of esters is 1. The quantitative estimate of drug-likeness (QED) is 0.564. The van der Waals surface area contributed by atoms with Gasteiger partial charge in [-0.15, -0.1) is 0 Å². The molecule has 2 N–H and O–H groups in total. The van der Waals surface area contributed by atoms with Crippen LogP contribution in [0.5, 0.6) is 17.2 Å². The summed E-state index contributed by atoms with van der Waals surface area (Å²) in [5.41, 5.74) is 2.68. The Hall–Kier alpha value is -3.22. The van der Waals surface area contributed by atoms with Crippen LogP contribution in [0.4, 0.5) is 5.69 Å². The van der Waals surface area contributed by atoms with E-state index in [1.165, 1.54) is 6.92 Å². The van der Waals surface area contributed by atoms with E-state index in [0.29, 0.717) is 29.4 Å². The molecule has 0 radical (unpaired) electrons. The molecule has 1 aliphatic heterocycles. The molecule has 0 saturated carbocycles. The molecule has 1 heterocycles. The standard InChI is InChI=1S/C27H35NO6/c1-16(25(31)28-18-9-10-21-22(14-18)33-15-32-21)34-23(29)11-8-17-12-19(26(2,3)4)24(30)20(13-17)27(5,6)7/h9-10,12-14,16,30H,8,11,15H2,1-7H3,(H,28,31)/t16-/m0/s1. The van der Waals surface area contributed by atoms with E-state index in [2.05, 4.69) is 5.32 Å². The average Bonchev–Trinajstić information content (AvgIpc) is 3.19. The van der Waals surface area contributed by atoms with Crippen LogP contribution in [0, 0.1) is 0 Å². The summed E-state index contributed by atoms with van der Waals surface area (Å²) in [6.45, 7) is 14.0. The molecule has 0 bridgehead atoms. The van der Waals surface area contributed by atoms with Gasteiger partial charge >= 0.3 is 5.97 Å². The van der Waals surface area contributed by atoms with Crippen molar-refractivity contribution in [3.63, 3.8) is 0 Å². The van der Waals surface area contributed by atoms with Crippen molar-refractivity contribution in [2.75, 3.05) is 12.1 Å². The second kappa shape index (κ2) is 9.57. The molecule has 7 nitrogen and oxygen atoms in total. The zero-order valence-electron chi connectivity index (χ0n) is 21.1. The van der Waals surface area contributed by atoms with E-state index in [1.807, 2.05) is 53.7 Å². The van der Waals surface area contributed by atoms with Crippen LogP contribution >= 0.6 is 0 Å². The summed E-state index contributed by atoms with van der Waals surface area (Å²) in [6.07, 6.45) is -0.380. The highest BCUT2D eigenvalue weighted by atomic mass is 16.7. The Morgan fingerprint density at radius 3 is 2.18 bits per heavy atom. The molecule has 0 saturated heterocycles. The Bertz CT molecular complexity index is 1040. The number of fused-ring (bicyclic) bond motifs is 1. The predicted molar refractivity (Wildman–Crippen MR) is 131 cm³/mol. The van der Waals surface area contributed by atoms with E-state index in [9.17, 15) is 14.7 Å². The van der Waals surface area contributed by atoms with Gasteiger partial charge in [-0.3, -0.25) is 9.59 Å². The van der Waals surface area contributed by atoms with Crippen LogP contribution < -0.4 is 14.8 Å². The van der Waals surface area contributed by atoms with Crippen molar-refractivity contribution in [2.45, 2.75) is 78.2 Å². The van der Waals surface area contributed by atoms with Crippen LogP contribution in [0.3, 0.4) is 0 Å². The average molecular weight is 470 g/mol. The van der Waals surface area contributed by atoms with Gasteiger partial charge in [-0.05, 0) is 53.0 Å². The van der Waals surface area contributed by atoms with Crippen molar-refractivity contribution in [2.24, 2.45) is 0 Å². The lowest BCUT2D eigenvalue weighted by Gasteiger charge is -2.28. The predicted octanol–water partition coefficient (Wildman–Crippen LogP) is 5.22. The van der Waals surface area contributed by atoms with Gasteiger partial charge in [0.1, 0.15) is 5.75 Å². The Labute approximate surface area is 201 Å². The van der Waals surface area contributed by atoms with Crippen LogP contribution in [-0.4, -0.2) is 29.9 Å². The Kier molecular flexibility index (Phi) is 7.15. The first-order valence-electron chi connectivity index (χ1n) is 11.5. The van der Waals surface area contributed by atoms with Crippen LogP contribution in [0.15, 0.2) is 30.3 Å². The van der Waals surface area contributed by atoms with Crippen molar-refractivity contribution in [3.05, 3.63) is 47.0 Å². The van der Waals surface area contributed by atoms with Crippen LogP contribution in [0.25, 0.3) is 0 Å². The van der Waals surface area contributed by atoms with Crippen LogP contribution in [0.1, 0.15) is 71.6 Å². The van der Waals surface area contributed by atoms with Crippen LogP contribution in [0.2, 0.25) is 0 Å². The molecule has 34 heavy (non-hydrogen) atoms. The number of ether oxygens (including phenoxy) is 3. The van der Waals surface area contributed by atoms with Gasteiger partial charge in [0.2, 0.25) is 6.79 Å². The van der Waals surface area contributed by atoms with E-state index < -0.39 is 18.0 Å². The fourth-order valence-electron chi connectivity index (χ4n) is 3.76. The molecular formula is C27H35NO6. The lowest BCUT2D eigenvalue weighted by molar-refractivity contribution is -0.153. The lowest BCUT2D eigenvalue weighted by Crippen LogP contribution is -2.30. The number of rotatable bonds is 6. The Balaban J connectivity index is 1.62. The number of anilines is 1. The summed E-state index contributed by atoms with van der Waals surface area (Å²) in [4.78, 5) is 25.0. The summed E-state index contributed by atoms with van der Waals surface area (Å²) in [7, 11) is 0. The maximum atomic E-state index is 12.5. The molecule has 0 aliphatic carbocycles. The number of carbonyl (C=O) groups is 2. The highest BCUT2D eigenvalue weighted by Gasteiger charge is 2.27. The molecule has 0 spiro atoms. The lowest BCUT2D eigenvalue weighted by atomic mass is 9.78. The van der Waals surface area contributed by atoms with E-state index in [1.54, 1.807) is 18.2 Å². The third-order valence-corrected chi connectivity index (χ3v) is 5.72. The van der Waals surface area contributed by atoms with Crippen LogP contribution in [-0.2, 0) is 31.6 Å². The minimum absolute atomic E-state index is 0.125. The summed E-state index contributed by atoms with van der Waals surface area (Å²) in [5, 5.41) is 13.6. The number of hydrogen-bond acceptors (Lipinski definition) is 6. The number of hydrogen-bond donors (Lipinski definition) is 2. The van der Waals surface area contributed by atoms with E-state index in [-0.39, 0.29) is 24.0 Å². The first-order valence-corrected chi connectivity index (χ1v) is 11.5. The zero-order valence-corrected chi connectivity index (χ0v) is 21.1. The van der Waals surface area contributed by atoms with Gasteiger partial charge in [-0.25, -0.2) is 0 Å². The maximum Gasteiger partial charge on any atom is 0.306 e. The number of benzene rings is 2. The smallest absolute Gasteiger partial charge is 0.306 e. The third kappa shape index (κ3) is 6.01. The summed E-state index contributed by atoms with van der Waals surface area (Å²) in [6, 6.07) is 8.98. The van der Waals surface area contributed by atoms with Crippen molar-refractivity contribution in [1.29, 1.82) is 0 Å². The van der Waals surface area contributed by atoms with Gasteiger partial charge in [0, 0.05) is 18.2 Å². The number of phenolic OH excluding ortho intramolecular Hbond substituents is 1. The minimum atomic E-state index is -0.951. The number of aromatic hydroxyl groups is 1. The molecular weight excluding hydrogens is 434 g/mol. The Morgan fingerprint density at radius 2 is 1.59 bits per heavy atom. The molecule has 7 heteroatoms. The maximum absolute atomic E-state index is 12.5. The van der Waals surface area contributed by atoms with Gasteiger partial charge in [0.25, 0.3) is 5.91 Å². The normalized spacial score (nSPS) is 14.0. The first-order chi connectivity index (χ1) is 15.8. The molecule has 0 fully saturated rings. The number of carbonyl (C=O) groups excluding carboxylic acids is 2. The van der Waals surface area contributed by atoms with Gasteiger partial charge in [-0.1, -0.05) is 53.7 Å². The van der Waals surface area contributed by atoms with E-state index in [0.717, 1.165) is 16.7 Å². The highest BCUT2D eigenvalue weighted by molar-refractivity contribution is 5.95. The molecule has 1 atom stereocenters. The van der Waals surface area contributed by atoms with Crippen molar-refractivity contribution >= 4 is 17.6 Å². The number of phenols is 1. The topological polar surface area (TPSA) is 94.1 Å². The fourth-order valence-corrected chi connectivity index (χ4v) is 3.76. The number of nitrogens with one attached hydrogen (secondary N) is 1. The highest BCUT2D eigenvalue weighted by Crippen LogP contribution is 2.40. The molecule has 3 rings (SSSR count). The number of aryl methyl sites for hydroxylation is 1. The minimum Gasteiger partial charge on any atom is -0.507 e. The van der Waals surface area contributed by atoms with Gasteiger partial charge < -0.3 is 24.6 Å². The van der Waals surface area contributed by atoms with Crippen molar-refractivity contribution in [3.8, 4) is 17.2 Å². The zero-order chi connectivity index (χ0) is 25.3. The molecule has 184 valence electrons. The largest absolute Gasteiger partial charge is 0.507 e. The van der Waals surface area contributed by atoms with Crippen molar-refractivity contribution < 1.29 is 28.9 Å². The van der Waals surface area contributed by atoms with Gasteiger partial charge in [0.15, 0.2) is 17.6 Å². The third-order valence-electron chi connectivity index (χ3n) is 5.72. The molecule has 1 amide bonds. The Morgan fingerprint density at radius 1 is 1.00 bits per heavy atom. The van der Waals surface area contributed by atoms with E-state index in [4.69, 9.17) is 14.2 Å². The second-order valence-corrected chi connectivity index (χ2v) is 10.7. The molecule has 0 aromatic heterocycles. The molecule has 2 aromatic carbocycles. The summed E-state index contributed by atoms with van der Waals surface area (Å²) >= 11 is 0. The molecule has 2 aromatic rings. The fraction of sp³-hybridized carbons (Fsp3) is 0.481. The van der Waals surface area contributed by atoms with Gasteiger partial charge in [0.05, 0.1) is 0 Å². The van der Waals surface area contributed by atoms with Gasteiger partial charge in [-0.2, -0.15) is 0 Å². The van der Waals surface area contributed by atoms with E-state index >= 15 is 0 Å². The van der Waals surface area contributed by atoms with Crippen molar-refractivity contribution in [1.82, 2.24) is 0 Å².